The van der Waals surface area contributed by atoms with Crippen LogP contribution in [0.5, 0.6) is 11.5 Å². The third-order valence-electron chi connectivity index (χ3n) is 3.03. The molecule has 0 bridgehead atoms. The second kappa shape index (κ2) is 8.24. The van der Waals surface area contributed by atoms with Crippen molar-refractivity contribution < 1.29 is 19.0 Å². The maximum absolute atomic E-state index is 11.2. The molecule has 21 heavy (non-hydrogen) atoms. The number of benzene rings is 1. The summed E-state index contributed by atoms with van der Waals surface area (Å²) in [6.45, 7) is 4.91. The first-order chi connectivity index (χ1) is 10.2. The zero-order valence-corrected chi connectivity index (χ0v) is 13.7. The fourth-order valence-corrected chi connectivity index (χ4v) is 2.69. The van der Waals surface area contributed by atoms with Gasteiger partial charge in [0.15, 0.2) is 11.5 Å². The molecule has 1 N–H and O–H groups in total. The molecule has 0 aromatic heterocycles. The number of carbonyl (C=O) groups excluding carboxylic acids is 1. The predicted octanol–water partition coefficient (Wildman–Crippen LogP) is 2.65. The topological polar surface area (TPSA) is 56.8 Å². The van der Waals surface area contributed by atoms with E-state index in [1.807, 2.05) is 19.1 Å². The van der Waals surface area contributed by atoms with E-state index in [9.17, 15) is 4.79 Å². The van der Waals surface area contributed by atoms with Gasteiger partial charge in [-0.05, 0) is 53.5 Å². The first kappa shape index (κ1) is 16.1. The summed E-state index contributed by atoms with van der Waals surface area (Å²) in [6.07, 6.45) is 1.22. The van der Waals surface area contributed by atoms with E-state index in [0.29, 0.717) is 26.2 Å². The number of rotatable bonds is 7. The first-order valence-corrected chi connectivity index (χ1v) is 7.94. The Bertz CT molecular complexity index is 493. The smallest absolute Gasteiger partial charge is 0.305 e. The molecule has 0 saturated heterocycles. The van der Waals surface area contributed by atoms with Gasteiger partial charge in [0.25, 0.3) is 0 Å². The molecule has 1 aliphatic heterocycles. The van der Waals surface area contributed by atoms with E-state index >= 15 is 0 Å². The standard InChI is InChI=1S/C15H20BrNO4/c1-2-19-14(18)4-3-5-17-10-11-8-12(16)15-13(9-11)20-6-7-21-15/h8-9,17H,2-7,10H2,1H3. The molecule has 5 nitrogen and oxygen atoms in total. The zero-order valence-electron chi connectivity index (χ0n) is 12.1. The number of esters is 1. The molecule has 0 atom stereocenters. The van der Waals surface area contributed by atoms with Crippen molar-refractivity contribution in [3.63, 3.8) is 0 Å². The average Bonchev–Trinajstić information content (AvgIpc) is 2.47. The van der Waals surface area contributed by atoms with Gasteiger partial charge >= 0.3 is 5.97 Å². The van der Waals surface area contributed by atoms with Crippen LogP contribution in [0.1, 0.15) is 25.3 Å². The van der Waals surface area contributed by atoms with Crippen LogP contribution in [0.3, 0.4) is 0 Å². The Hall–Kier alpha value is -1.27. The summed E-state index contributed by atoms with van der Waals surface area (Å²) >= 11 is 3.50. The molecule has 0 spiro atoms. The van der Waals surface area contributed by atoms with Crippen LogP contribution < -0.4 is 14.8 Å². The molecule has 1 aromatic carbocycles. The fraction of sp³-hybridized carbons (Fsp3) is 0.533. The van der Waals surface area contributed by atoms with Crippen LogP contribution in [0.2, 0.25) is 0 Å². The van der Waals surface area contributed by atoms with Crippen molar-refractivity contribution >= 4 is 21.9 Å². The Kier molecular flexibility index (Phi) is 6.32. The highest BCUT2D eigenvalue weighted by Gasteiger charge is 2.16. The van der Waals surface area contributed by atoms with Crippen molar-refractivity contribution in [2.45, 2.75) is 26.3 Å². The third-order valence-corrected chi connectivity index (χ3v) is 3.61. The molecular weight excluding hydrogens is 338 g/mol. The van der Waals surface area contributed by atoms with E-state index in [1.54, 1.807) is 0 Å². The zero-order chi connectivity index (χ0) is 15.1. The highest BCUT2D eigenvalue weighted by atomic mass is 79.9. The first-order valence-electron chi connectivity index (χ1n) is 7.15. The van der Waals surface area contributed by atoms with Gasteiger partial charge in [-0.2, -0.15) is 0 Å². The third kappa shape index (κ3) is 4.89. The predicted molar refractivity (Wildman–Crippen MR) is 82.7 cm³/mol. The van der Waals surface area contributed by atoms with Gasteiger partial charge in [-0.15, -0.1) is 0 Å². The number of fused-ring (bicyclic) bond motifs is 1. The van der Waals surface area contributed by atoms with E-state index in [1.165, 1.54) is 0 Å². The molecule has 116 valence electrons. The lowest BCUT2D eigenvalue weighted by Crippen LogP contribution is -2.18. The molecule has 0 radical (unpaired) electrons. The molecule has 0 amide bonds. The summed E-state index contributed by atoms with van der Waals surface area (Å²) < 4.78 is 16.9. The summed E-state index contributed by atoms with van der Waals surface area (Å²) in [7, 11) is 0. The molecule has 0 fully saturated rings. The van der Waals surface area contributed by atoms with E-state index in [2.05, 4.69) is 21.2 Å². The Morgan fingerprint density at radius 3 is 3.00 bits per heavy atom. The van der Waals surface area contributed by atoms with Gasteiger partial charge in [-0.3, -0.25) is 4.79 Å². The summed E-state index contributed by atoms with van der Waals surface area (Å²) in [4.78, 5) is 11.2. The van der Waals surface area contributed by atoms with Gasteiger partial charge < -0.3 is 19.5 Å². The minimum absolute atomic E-state index is 0.138. The lowest BCUT2D eigenvalue weighted by Gasteiger charge is -2.20. The molecule has 0 unspecified atom stereocenters. The number of halogens is 1. The van der Waals surface area contributed by atoms with Crippen molar-refractivity contribution in [1.29, 1.82) is 0 Å². The van der Waals surface area contributed by atoms with Gasteiger partial charge in [0.1, 0.15) is 13.2 Å². The van der Waals surface area contributed by atoms with Crippen LogP contribution in [0.15, 0.2) is 16.6 Å². The van der Waals surface area contributed by atoms with Gasteiger partial charge in [0, 0.05) is 13.0 Å². The molecule has 1 aliphatic rings. The van der Waals surface area contributed by atoms with Gasteiger partial charge in [-0.25, -0.2) is 0 Å². The molecule has 0 aliphatic carbocycles. The minimum Gasteiger partial charge on any atom is -0.486 e. The lowest BCUT2D eigenvalue weighted by atomic mass is 10.2. The molecule has 1 aromatic rings. The van der Waals surface area contributed by atoms with Gasteiger partial charge in [0.2, 0.25) is 0 Å². The average molecular weight is 358 g/mol. The quantitative estimate of drug-likeness (QED) is 0.600. The fourth-order valence-electron chi connectivity index (χ4n) is 2.09. The van der Waals surface area contributed by atoms with Crippen molar-refractivity contribution in [3.8, 4) is 11.5 Å². The largest absolute Gasteiger partial charge is 0.486 e. The summed E-state index contributed by atoms with van der Waals surface area (Å²) in [6, 6.07) is 4.00. The highest BCUT2D eigenvalue weighted by molar-refractivity contribution is 9.10. The molecule has 6 heteroatoms. The summed E-state index contributed by atoms with van der Waals surface area (Å²) in [5.41, 5.74) is 1.11. The van der Waals surface area contributed by atoms with Gasteiger partial charge in [-0.1, -0.05) is 0 Å². The monoisotopic (exact) mass is 357 g/mol. The Labute approximate surface area is 133 Å². The highest BCUT2D eigenvalue weighted by Crippen LogP contribution is 2.38. The SMILES string of the molecule is CCOC(=O)CCCNCc1cc(Br)c2c(c1)OCCO2. The van der Waals surface area contributed by atoms with Crippen LogP contribution >= 0.6 is 15.9 Å². The van der Waals surface area contributed by atoms with Crippen molar-refractivity contribution in [2.75, 3.05) is 26.4 Å². The number of hydrogen-bond donors (Lipinski definition) is 1. The second-order valence-corrected chi connectivity index (χ2v) is 5.54. The number of hydrogen-bond acceptors (Lipinski definition) is 5. The van der Waals surface area contributed by atoms with Crippen molar-refractivity contribution in [2.24, 2.45) is 0 Å². The summed E-state index contributed by atoms with van der Waals surface area (Å²) in [5, 5.41) is 3.31. The van der Waals surface area contributed by atoms with E-state index < -0.39 is 0 Å². The van der Waals surface area contributed by atoms with E-state index in [-0.39, 0.29) is 5.97 Å². The van der Waals surface area contributed by atoms with Gasteiger partial charge in [0.05, 0.1) is 11.1 Å². The van der Waals surface area contributed by atoms with Crippen LogP contribution in [-0.4, -0.2) is 32.3 Å². The van der Waals surface area contributed by atoms with Crippen LogP contribution in [0.4, 0.5) is 0 Å². The Morgan fingerprint density at radius 1 is 1.38 bits per heavy atom. The normalized spacial score (nSPS) is 13.0. The maximum Gasteiger partial charge on any atom is 0.305 e. The minimum atomic E-state index is -0.138. The van der Waals surface area contributed by atoms with Crippen LogP contribution in [0.25, 0.3) is 0 Å². The van der Waals surface area contributed by atoms with Crippen LogP contribution in [0, 0.1) is 0 Å². The van der Waals surface area contributed by atoms with E-state index in [0.717, 1.165) is 41.0 Å². The van der Waals surface area contributed by atoms with Crippen molar-refractivity contribution in [3.05, 3.63) is 22.2 Å². The van der Waals surface area contributed by atoms with Crippen molar-refractivity contribution in [1.82, 2.24) is 5.32 Å². The number of carbonyl (C=O) groups is 1. The Morgan fingerprint density at radius 2 is 2.19 bits per heavy atom. The second-order valence-electron chi connectivity index (χ2n) is 4.69. The molecule has 0 saturated carbocycles. The molecule has 2 rings (SSSR count). The maximum atomic E-state index is 11.2. The Balaban J connectivity index is 1.76. The number of nitrogens with one attached hydrogen (secondary N) is 1. The van der Waals surface area contributed by atoms with Crippen LogP contribution in [-0.2, 0) is 16.1 Å². The van der Waals surface area contributed by atoms with E-state index in [4.69, 9.17) is 14.2 Å². The molecular formula is C15H20BrNO4. The lowest BCUT2D eigenvalue weighted by molar-refractivity contribution is -0.143. The number of ether oxygens (including phenoxy) is 3. The summed E-state index contributed by atoms with van der Waals surface area (Å²) in [5.74, 6) is 1.41. The molecule has 1 heterocycles.